The van der Waals surface area contributed by atoms with E-state index in [1.807, 2.05) is 30.3 Å². The minimum atomic E-state index is -1.51. The summed E-state index contributed by atoms with van der Waals surface area (Å²) in [5.74, 6) is -0.652. The van der Waals surface area contributed by atoms with E-state index in [4.69, 9.17) is 4.74 Å². The van der Waals surface area contributed by atoms with E-state index in [-0.39, 0.29) is 17.9 Å². The number of ether oxygens (including phenoxy) is 1. The highest BCUT2D eigenvalue weighted by molar-refractivity contribution is 7.91. The molecule has 1 N–H and O–H groups in total. The molecule has 2 aromatic carbocycles. The first-order chi connectivity index (χ1) is 12.7. The third kappa shape index (κ3) is 6.08. The van der Waals surface area contributed by atoms with Gasteiger partial charge in [0.05, 0.1) is 11.4 Å². The highest BCUT2D eigenvalue weighted by Gasteiger charge is 2.27. The van der Waals surface area contributed by atoms with Crippen molar-refractivity contribution in [3.63, 3.8) is 0 Å². The molecule has 144 valence electrons. The number of carbonyl (C=O) groups excluding carboxylic acids is 1. The summed E-state index contributed by atoms with van der Waals surface area (Å²) in [4.78, 5) is 11.9. The summed E-state index contributed by atoms with van der Waals surface area (Å²) in [6.07, 6.45) is -0.761. The molecule has 0 aliphatic rings. The first-order valence-electron chi connectivity index (χ1n) is 8.42. The predicted octanol–water partition coefficient (Wildman–Crippen LogP) is 4.85. The maximum absolute atomic E-state index is 14.7. The normalized spacial score (nSPS) is 13.2. The van der Waals surface area contributed by atoms with Crippen molar-refractivity contribution in [2.24, 2.45) is 4.40 Å². The Morgan fingerprint density at radius 1 is 1.19 bits per heavy atom. The third-order valence-corrected chi connectivity index (χ3v) is 5.07. The number of hydrogen-bond acceptors (Lipinski definition) is 4. The number of nitrogens with zero attached hydrogens (tertiary/aromatic N) is 1. The Hall–Kier alpha value is -2.38. The lowest BCUT2D eigenvalue weighted by atomic mass is 10.1. The molecule has 0 bridgehead atoms. The first-order valence-corrected chi connectivity index (χ1v) is 9.53. The number of halogens is 1. The van der Waals surface area contributed by atoms with Crippen molar-refractivity contribution < 1.29 is 18.5 Å². The van der Waals surface area contributed by atoms with Gasteiger partial charge in [0, 0.05) is 5.56 Å². The van der Waals surface area contributed by atoms with E-state index in [9.17, 15) is 13.7 Å². The van der Waals surface area contributed by atoms with Crippen molar-refractivity contribution in [1.29, 1.82) is 0 Å². The van der Waals surface area contributed by atoms with Gasteiger partial charge in [0.2, 0.25) is 0 Å². The van der Waals surface area contributed by atoms with Crippen LogP contribution in [0.15, 0.2) is 52.9 Å². The lowest BCUT2D eigenvalue weighted by Crippen LogP contribution is -2.27. The maximum Gasteiger partial charge on any atom is 0.412 e. The van der Waals surface area contributed by atoms with Crippen LogP contribution in [0.25, 0.3) is 0 Å². The molecule has 0 radical (unpaired) electrons. The second kappa shape index (κ2) is 9.01. The fraction of sp³-hybridized carbons (Fsp3) is 0.300. The lowest BCUT2D eigenvalue weighted by molar-refractivity contribution is 0.155. The van der Waals surface area contributed by atoms with Gasteiger partial charge in [-0.05, 0) is 45.4 Å². The van der Waals surface area contributed by atoms with E-state index in [2.05, 4.69) is 9.71 Å². The Kier molecular flexibility index (Phi) is 6.98. The monoisotopic (exact) mass is 390 g/mol. The fourth-order valence-electron chi connectivity index (χ4n) is 2.09. The van der Waals surface area contributed by atoms with Crippen LogP contribution in [0.1, 0.15) is 38.8 Å². The van der Waals surface area contributed by atoms with E-state index in [1.165, 1.54) is 12.1 Å². The van der Waals surface area contributed by atoms with Crippen LogP contribution in [0, 0.1) is 5.82 Å². The summed E-state index contributed by atoms with van der Waals surface area (Å²) in [6.45, 7) is 7.03. The molecule has 2 rings (SSSR count). The average Bonchev–Trinajstić information content (AvgIpc) is 2.61. The number of anilines is 1. The maximum atomic E-state index is 14.7. The molecular weight excluding hydrogens is 367 g/mol. The van der Waals surface area contributed by atoms with Crippen LogP contribution in [0.2, 0.25) is 0 Å². The highest BCUT2D eigenvalue weighted by Crippen LogP contribution is 2.22. The molecule has 0 heterocycles. The summed E-state index contributed by atoms with van der Waals surface area (Å²) in [7, 11) is 0. The number of rotatable bonds is 5. The van der Waals surface area contributed by atoms with Gasteiger partial charge in [0.25, 0.3) is 0 Å². The van der Waals surface area contributed by atoms with E-state index >= 15 is 0 Å². The van der Waals surface area contributed by atoms with E-state index in [1.54, 1.807) is 33.8 Å². The van der Waals surface area contributed by atoms with E-state index in [0.717, 1.165) is 5.56 Å². The molecule has 2 aromatic rings. The first kappa shape index (κ1) is 20.9. The van der Waals surface area contributed by atoms with Crippen LogP contribution in [-0.4, -0.2) is 21.1 Å². The Morgan fingerprint density at radius 2 is 1.85 bits per heavy atom. The second-order valence-corrected chi connectivity index (χ2v) is 8.80. The molecular formula is C20H23FN2O3S. The molecule has 0 aliphatic heterocycles. The van der Waals surface area contributed by atoms with Crippen LogP contribution in [0.3, 0.4) is 0 Å². The average molecular weight is 390 g/mol. The van der Waals surface area contributed by atoms with Gasteiger partial charge in [-0.15, -0.1) is 0 Å². The zero-order valence-corrected chi connectivity index (χ0v) is 16.6. The summed E-state index contributed by atoms with van der Waals surface area (Å²) < 4.78 is 35.5. The Morgan fingerprint density at radius 3 is 2.48 bits per heavy atom. The number of carbonyl (C=O) groups is 1. The molecule has 7 heteroatoms. The van der Waals surface area contributed by atoms with Crippen molar-refractivity contribution in [2.75, 3.05) is 5.32 Å². The molecule has 0 saturated carbocycles. The molecule has 1 unspecified atom stereocenters. The Labute approximate surface area is 162 Å². The lowest BCUT2D eigenvalue weighted by Gasteiger charge is -2.19. The highest BCUT2D eigenvalue weighted by atomic mass is 32.2. The van der Waals surface area contributed by atoms with Crippen molar-refractivity contribution >= 4 is 28.9 Å². The van der Waals surface area contributed by atoms with Crippen molar-refractivity contribution in [3.05, 3.63) is 65.5 Å². The second-order valence-electron chi connectivity index (χ2n) is 6.89. The van der Waals surface area contributed by atoms with Crippen LogP contribution in [0.4, 0.5) is 14.9 Å². The van der Waals surface area contributed by atoms with Gasteiger partial charge in [-0.25, -0.2) is 9.18 Å². The largest absolute Gasteiger partial charge is 0.591 e. The minimum absolute atomic E-state index is 0.0262. The number of nitrogens with one attached hydrogen (secondary N) is 1. The quantitative estimate of drug-likeness (QED) is 0.586. The van der Waals surface area contributed by atoms with Gasteiger partial charge in [-0.3, -0.25) is 5.32 Å². The van der Waals surface area contributed by atoms with Gasteiger partial charge in [0.1, 0.15) is 22.7 Å². The van der Waals surface area contributed by atoms with Gasteiger partial charge in [-0.2, -0.15) is 0 Å². The summed E-state index contributed by atoms with van der Waals surface area (Å²) in [5, 5.41) is 2.39. The molecule has 5 nitrogen and oxygen atoms in total. The molecule has 0 fully saturated rings. The van der Waals surface area contributed by atoms with Crippen LogP contribution in [-0.2, 0) is 22.7 Å². The van der Waals surface area contributed by atoms with Crippen molar-refractivity contribution in [1.82, 2.24) is 0 Å². The van der Waals surface area contributed by atoms with E-state index in [0.29, 0.717) is 5.71 Å². The zero-order chi connectivity index (χ0) is 20.0. The Balaban J connectivity index is 2.09. The van der Waals surface area contributed by atoms with Crippen molar-refractivity contribution in [3.8, 4) is 0 Å². The number of amides is 1. The van der Waals surface area contributed by atoms with Gasteiger partial charge in [-0.1, -0.05) is 40.8 Å². The molecule has 0 spiro atoms. The number of benzene rings is 2. The van der Waals surface area contributed by atoms with Crippen LogP contribution < -0.4 is 5.32 Å². The fourth-order valence-corrected chi connectivity index (χ4v) is 2.71. The Bertz CT molecular complexity index is 820. The third-order valence-electron chi connectivity index (χ3n) is 3.58. The van der Waals surface area contributed by atoms with Crippen LogP contribution >= 0.6 is 0 Å². The van der Waals surface area contributed by atoms with Crippen LogP contribution in [0.5, 0.6) is 0 Å². The molecule has 0 aromatic heterocycles. The molecule has 1 atom stereocenters. The molecule has 27 heavy (non-hydrogen) atoms. The van der Waals surface area contributed by atoms with E-state index < -0.39 is 28.0 Å². The van der Waals surface area contributed by atoms with Gasteiger partial charge < -0.3 is 9.29 Å². The SMILES string of the molecule is C/C(=N\[S+]([O-])C(C)(C)C)c1cccc(NC(=O)OCc2ccccc2)c1F. The predicted molar refractivity (Wildman–Crippen MR) is 107 cm³/mol. The molecule has 1 amide bonds. The number of hydrogen-bond donors (Lipinski definition) is 1. The topological polar surface area (TPSA) is 73.8 Å². The van der Waals surface area contributed by atoms with Crippen molar-refractivity contribution in [2.45, 2.75) is 39.0 Å². The molecule has 0 saturated heterocycles. The molecule has 0 aliphatic carbocycles. The van der Waals surface area contributed by atoms with Gasteiger partial charge in [0.15, 0.2) is 5.82 Å². The summed E-state index contributed by atoms with van der Waals surface area (Å²) in [6, 6.07) is 13.7. The van der Waals surface area contributed by atoms with Gasteiger partial charge >= 0.3 is 6.09 Å². The summed E-state index contributed by atoms with van der Waals surface area (Å²) in [5.41, 5.74) is 1.27. The smallest absolute Gasteiger partial charge is 0.412 e. The zero-order valence-electron chi connectivity index (χ0n) is 15.8. The summed E-state index contributed by atoms with van der Waals surface area (Å²) >= 11 is -1.51. The standard InChI is InChI=1S/C20H23FN2O3S/c1-14(23-27(25)20(2,3)4)16-11-8-12-17(18(16)21)22-19(24)26-13-15-9-6-5-7-10-15/h5-12H,13H2,1-4H3,(H,22,24)/b23-14+. The minimum Gasteiger partial charge on any atom is -0.591 e.